The Labute approximate surface area is 471 Å². The van der Waals surface area contributed by atoms with Crippen molar-refractivity contribution < 1.29 is 50.7 Å². The van der Waals surface area contributed by atoms with Crippen molar-refractivity contribution >= 4 is 108 Å². The third-order valence-electron chi connectivity index (χ3n) is 11.5. The highest BCUT2D eigenvalue weighted by Crippen LogP contribution is 2.20. The first-order chi connectivity index (χ1) is 38.3. The highest BCUT2D eigenvalue weighted by atomic mass is 32.1. The molecule has 8 amide bonds. The molecule has 2 unspecified atom stereocenters. The predicted octanol–water partition coefficient (Wildman–Crippen LogP) is -3.53. The molecular formula is C50H77N17O10S2. The molecule has 2 aromatic carbocycles. The highest BCUT2D eigenvalue weighted by Gasteiger charge is 2.33. The number of aromatic nitrogens is 1. The number of aldehydes is 2. The molecule has 0 aliphatic heterocycles. The molecule has 0 aliphatic rings. The zero-order valence-electron chi connectivity index (χ0n) is 46.3. The van der Waals surface area contributed by atoms with Crippen molar-refractivity contribution in [1.29, 1.82) is 0 Å². The van der Waals surface area contributed by atoms with E-state index in [-0.39, 0.29) is 74.4 Å². The molecule has 434 valence electrons. The number of carbonyl (C=O) groups excluding carboxylic acids is 10. The van der Waals surface area contributed by atoms with Gasteiger partial charge < -0.3 is 80.9 Å². The van der Waals surface area contributed by atoms with Crippen LogP contribution in [-0.4, -0.2) is 150 Å². The number of rotatable bonds is 35. The number of para-hydroxylation sites is 1. The van der Waals surface area contributed by atoms with Crippen molar-refractivity contribution in [2.24, 2.45) is 50.3 Å². The minimum Gasteiger partial charge on any atom is -0.370 e. The second-order valence-electron chi connectivity index (χ2n) is 18.3. The number of guanidine groups is 2. The first kappa shape index (κ1) is 63.8. The number of H-pyrrole nitrogens is 1. The summed E-state index contributed by atoms with van der Waals surface area (Å²) in [4.78, 5) is 136. The number of benzene rings is 2. The first-order valence-corrected chi connectivity index (χ1v) is 26.3. The van der Waals surface area contributed by atoms with E-state index in [1.807, 2.05) is 24.3 Å². The zero-order valence-corrected chi connectivity index (χ0v) is 46.1. The van der Waals surface area contributed by atoms with Crippen LogP contribution >= 0.6 is 25.3 Å². The molecule has 0 saturated heterocycles. The molecule has 3 aromatic rings. The van der Waals surface area contributed by atoms with Crippen molar-refractivity contribution in [3.63, 3.8) is 0 Å². The van der Waals surface area contributed by atoms with Gasteiger partial charge in [-0.25, -0.2) is 10.9 Å². The molecule has 0 bridgehead atoms. The van der Waals surface area contributed by atoms with E-state index in [9.17, 15) is 47.9 Å². The summed E-state index contributed by atoms with van der Waals surface area (Å²) in [5.74, 6) is -6.04. The number of fused-ring (bicyclic) bond motifs is 1. The second-order valence-corrected chi connectivity index (χ2v) is 19.0. The van der Waals surface area contributed by atoms with Gasteiger partial charge in [-0.2, -0.15) is 25.3 Å². The van der Waals surface area contributed by atoms with Crippen LogP contribution in [0.25, 0.3) is 10.9 Å². The smallest absolute Gasteiger partial charge is 0.243 e. The fraction of sp³-hybridized carbons (Fsp3) is 0.480. The summed E-state index contributed by atoms with van der Waals surface area (Å²) >= 11 is 8.01. The Morgan fingerprint density at radius 2 is 1.11 bits per heavy atom. The Morgan fingerprint density at radius 3 is 1.63 bits per heavy atom. The van der Waals surface area contributed by atoms with Crippen LogP contribution in [0, 0.1) is 5.92 Å². The Hall–Kier alpha value is -7.76. The standard InChI is InChI=1S/C39H56N12O7S.C11H21N5O3S/c1-22(2)33(51-50-25(20-52)14-15-32(40)53)38(58)48-29(17-23-9-4-3-5-10-23)36(56)46-28(13-8-16-44-39(42)43)35(55)47-30(37(57)49-31(21-59)34(41)54)18-24-19-45-27-12-7-6-11-26(24)27;1-7(18)15-9(3-2-4-14-11(12)13)10(19)16-8(5-17)6-20/h3-7,9-12,19-20,22,25,28-31,33,45,50-51,59H,8,13-18,21H2,1-2H3,(H2,40,53)(H2,41,54)(H,46,56)(H,47,55)(H,48,58)(H,49,57)(H4,42,43,44);5,8-9,20H,2-4,6H2,1H3,(H,15,18)(H,16,19)(H4,12,13,14)/t25-,28-,29?,30?,31-,33-;8-,9+/m01/s1/i20D;5D. The van der Waals surface area contributed by atoms with Gasteiger partial charge >= 0.3 is 0 Å². The van der Waals surface area contributed by atoms with Gasteiger partial charge in [-0.1, -0.05) is 62.4 Å². The average molecular weight is 1140 g/mol. The number of hydrazine groups is 1. The van der Waals surface area contributed by atoms with Crippen LogP contribution in [0.5, 0.6) is 0 Å². The third-order valence-corrected chi connectivity index (χ3v) is 12.3. The molecule has 79 heavy (non-hydrogen) atoms. The number of nitrogens with one attached hydrogen (secondary N) is 9. The van der Waals surface area contributed by atoms with E-state index in [0.29, 0.717) is 30.5 Å². The second kappa shape index (κ2) is 36.4. The van der Waals surface area contributed by atoms with E-state index in [0.717, 1.165) is 10.9 Å². The Morgan fingerprint density at radius 1 is 0.608 bits per heavy atom. The first-order valence-electron chi connectivity index (χ1n) is 26.1. The number of nitrogens with zero attached hydrogens (tertiary/aromatic N) is 2. The molecular weight excluding hydrogens is 1060 g/mol. The van der Waals surface area contributed by atoms with Gasteiger partial charge in [-0.15, -0.1) is 0 Å². The Bertz CT molecular complexity index is 2660. The monoisotopic (exact) mass is 1140 g/mol. The minimum atomic E-state index is -1.29. The topological polar surface area (TPSA) is 464 Å². The van der Waals surface area contributed by atoms with E-state index in [2.05, 4.69) is 83.0 Å². The van der Waals surface area contributed by atoms with Crippen molar-refractivity contribution in [2.75, 3.05) is 24.6 Å². The maximum absolute atomic E-state index is 14.3. The lowest BCUT2D eigenvalue weighted by atomic mass is 10.0. The maximum Gasteiger partial charge on any atom is 0.243 e. The van der Waals surface area contributed by atoms with Crippen molar-refractivity contribution in [1.82, 2.24) is 47.7 Å². The summed E-state index contributed by atoms with van der Waals surface area (Å²) in [6, 6.07) is 7.19. The zero-order chi connectivity index (χ0) is 60.8. The number of hydrogen-bond acceptors (Lipinski definition) is 16. The van der Waals surface area contributed by atoms with Crippen molar-refractivity contribution in [2.45, 2.75) is 120 Å². The molecule has 3 rings (SSSR count). The predicted molar refractivity (Wildman–Crippen MR) is 305 cm³/mol. The van der Waals surface area contributed by atoms with Gasteiger partial charge in [0, 0.05) is 67.9 Å². The lowest BCUT2D eigenvalue weighted by molar-refractivity contribution is -0.134. The fourth-order valence-corrected chi connectivity index (χ4v) is 7.86. The van der Waals surface area contributed by atoms with E-state index < -0.39 is 108 Å². The fourth-order valence-electron chi connectivity index (χ4n) is 7.42. The van der Waals surface area contributed by atoms with Crippen LogP contribution in [-0.2, 0) is 60.8 Å². The molecule has 29 heteroatoms. The van der Waals surface area contributed by atoms with E-state index in [4.69, 9.17) is 37.1 Å². The molecule has 8 atom stereocenters. The lowest BCUT2D eigenvalue weighted by Crippen LogP contribution is -2.61. The summed E-state index contributed by atoms with van der Waals surface area (Å²) in [6.45, 7) is 5.13. The number of aromatic amines is 1. The Kier molecular flexibility index (Phi) is 29.3. The molecule has 0 aliphatic carbocycles. The molecule has 1 heterocycles. The number of amides is 8. The Balaban J connectivity index is 0.000000898. The van der Waals surface area contributed by atoms with Gasteiger partial charge in [0.25, 0.3) is 0 Å². The van der Waals surface area contributed by atoms with Gasteiger partial charge in [0.05, 0.1) is 12.1 Å². The summed E-state index contributed by atoms with van der Waals surface area (Å²) in [6.07, 6.45) is 0.407. The van der Waals surface area contributed by atoms with Crippen LogP contribution < -0.4 is 77.2 Å². The quantitative estimate of drug-likeness (QED) is 0.00678. The highest BCUT2D eigenvalue weighted by molar-refractivity contribution is 7.80. The molecule has 1 aromatic heterocycles. The third kappa shape index (κ3) is 26.0. The minimum absolute atomic E-state index is 0.00370. The summed E-state index contributed by atoms with van der Waals surface area (Å²) in [7, 11) is 0. The number of thiol groups is 2. The summed E-state index contributed by atoms with van der Waals surface area (Å²) in [5.41, 5.74) is 39.6. The van der Waals surface area contributed by atoms with E-state index >= 15 is 0 Å². The number of nitrogens with two attached hydrogens (primary N) is 6. The van der Waals surface area contributed by atoms with Crippen LogP contribution in [0.15, 0.2) is 70.8 Å². The van der Waals surface area contributed by atoms with Crippen LogP contribution in [0.4, 0.5) is 0 Å². The van der Waals surface area contributed by atoms with Gasteiger partial charge in [0.2, 0.25) is 47.3 Å². The van der Waals surface area contributed by atoms with Crippen molar-refractivity contribution in [3.05, 3.63) is 71.9 Å². The van der Waals surface area contributed by atoms with Gasteiger partial charge in [-0.3, -0.25) is 48.3 Å². The van der Waals surface area contributed by atoms with Gasteiger partial charge in [0.1, 0.15) is 51.5 Å². The van der Waals surface area contributed by atoms with Crippen LogP contribution in [0.1, 0.15) is 73.2 Å². The average Bonchev–Trinajstić information content (AvgIpc) is 3.82. The van der Waals surface area contributed by atoms with Crippen molar-refractivity contribution in [3.8, 4) is 0 Å². The van der Waals surface area contributed by atoms with E-state index in [1.165, 1.54) is 6.92 Å². The normalized spacial score (nSPS) is 14.2. The number of aliphatic imine (C=N–C) groups is 2. The largest absolute Gasteiger partial charge is 0.370 e. The molecule has 0 radical (unpaired) electrons. The number of hydrogen-bond donors (Lipinski definition) is 17. The summed E-state index contributed by atoms with van der Waals surface area (Å²) < 4.78 is 14.6. The molecule has 0 fully saturated rings. The summed E-state index contributed by atoms with van der Waals surface area (Å²) in [5, 5.41) is 16.4. The van der Waals surface area contributed by atoms with E-state index in [1.54, 1.807) is 50.4 Å². The molecule has 27 nitrogen and oxygen atoms in total. The SMILES string of the molecule is [2H]C(=O)[C@H](CCC(N)=O)NN[C@H](C(=O)NC(Cc1ccccc1)C(=O)N[C@@H](CCCN=C(N)N)C(=O)NC(Cc1c[nH]c2ccccc12)C(=O)N[C@@H](CS)C(N)=O)C(C)C.[2H]C(=O)[C@H](CS)NC(=O)[C@H](CCCN=C(N)N)NC(C)=O. The van der Waals surface area contributed by atoms with Gasteiger partial charge in [-0.05, 0) is 55.2 Å². The number of carbonyl (C=O) groups is 10. The van der Waals surface area contributed by atoms with Crippen LogP contribution in [0.2, 0.25) is 0 Å². The van der Waals surface area contributed by atoms with Gasteiger partial charge in [0.15, 0.2) is 11.9 Å². The molecule has 0 saturated carbocycles. The molecule has 21 N–H and O–H groups in total. The maximum atomic E-state index is 14.3. The lowest BCUT2D eigenvalue weighted by Gasteiger charge is -2.28. The molecule has 0 spiro atoms. The van der Waals surface area contributed by atoms with Crippen LogP contribution in [0.3, 0.4) is 0 Å². The number of primary amides is 2.